The second kappa shape index (κ2) is 6.55. The van der Waals surface area contributed by atoms with Gasteiger partial charge in [-0.3, -0.25) is 0 Å². The van der Waals surface area contributed by atoms with E-state index in [1.807, 2.05) is 11.0 Å². The van der Waals surface area contributed by atoms with Gasteiger partial charge in [-0.15, -0.1) is 0 Å². The lowest BCUT2D eigenvalue weighted by atomic mass is 10.1. The highest BCUT2D eigenvalue weighted by molar-refractivity contribution is 5.60. The van der Waals surface area contributed by atoms with Crippen molar-refractivity contribution in [1.82, 2.24) is 9.97 Å². The monoisotopic (exact) mass is 351 g/mol. The van der Waals surface area contributed by atoms with Crippen LogP contribution in [0.15, 0.2) is 30.5 Å². The molecule has 0 N–H and O–H groups in total. The summed E-state index contributed by atoms with van der Waals surface area (Å²) in [5.41, 5.74) is -0.150. The Bertz CT molecular complexity index is 807. The van der Waals surface area contributed by atoms with Gasteiger partial charge in [0.2, 0.25) is 5.95 Å². The summed E-state index contributed by atoms with van der Waals surface area (Å²) in [5.74, 6) is -0.467. The SMILES string of the molecule is N#Cc1cc(F)ccc1N1CCN(c2nccc(C(F)(F)F)n2)CC1. The average molecular weight is 351 g/mol. The first-order valence-corrected chi connectivity index (χ1v) is 7.48. The number of hydrogen-bond acceptors (Lipinski definition) is 5. The van der Waals surface area contributed by atoms with Gasteiger partial charge in [-0.2, -0.15) is 18.4 Å². The molecule has 1 aromatic carbocycles. The van der Waals surface area contributed by atoms with Crippen LogP contribution < -0.4 is 9.80 Å². The fourth-order valence-corrected chi connectivity index (χ4v) is 2.68. The van der Waals surface area contributed by atoms with Crippen molar-refractivity contribution < 1.29 is 17.6 Å². The predicted molar refractivity (Wildman–Crippen MR) is 82.6 cm³/mol. The van der Waals surface area contributed by atoms with Gasteiger partial charge in [-0.25, -0.2) is 14.4 Å². The van der Waals surface area contributed by atoms with Crippen molar-refractivity contribution in [3.8, 4) is 6.07 Å². The first-order valence-electron chi connectivity index (χ1n) is 7.48. The van der Waals surface area contributed by atoms with E-state index >= 15 is 0 Å². The number of nitriles is 1. The molecule has 0 saturated carbocycles. The van der Waals surface area contributed by atoms with E-state index in [0.717, 1.165) is 18.3 Å². The third-order valence-electron chi connectivity index (χ3n) is 3.92. The van der Waals surface area contributed by atoms with Crippen LogP contribution in [0.1, 0.15) is 11.3 Å². The highest BCUT2D eigenvalue weighted by Gasteiger charge is 2.33. The van der Waals surface area contributed by atoms with Gasteiger partial charge < -0.3 is 9.80 Å². The zero-order chi connectivity index (χ0) is 18.0. The molecule has 0 spiro atoms. The molecule has 2 aromatic rings. The second-order valence-electron chi connectivity index (χ2n) is 5.49. The molecule has 130 valence electrons. The van der Waals surface area contributed by atoms with Crippen molar-refractivity contribution >= 4 is 11.6 Å². The highest BCUT2D eigenvalue weighted by atomic mass is 19.4. The van der Waals surface area contributed by atoms with E-state index in [1.165, 1.54) is 12.1 Å². The number of nitrogens with zero attached hydrogens (tertiary/aromatic N) is 5. The Balaban J connectivity index is 1.74. The molecule has 3 rings (SSSR count). The van der Waals surface area contributed by atoms with E-state index < -0.39 is 17.7 Å². The Kier molecular flexibility index (Phi) is 4.44. The van der Waals surface area contributed by atoms with E-state index in [9.17, 15) is 17.6 Å². The molecule has 0 atom stereocenters. The summed E-state index contributed by atoms with van der Waals surface area (Å²) in [6.07, 6.45) is -3.43. The van der Waals surface area contributed by atoms with Crippen LogP contribution in [-0.4, -0.2) is 36.1 Å². The standard InChI is InChI=1S/C16H13F4N5/c17-12-1-2-13(11(9-12)10-21)24-5-7-25(8-6-24)15-22-4-3-14(23-15)16(18,19)20/h1-4,9H,5-8H2. The molecule has 0 amide bonds. The van der Waals surface area contributed by atoms with Crippen LogP contribution in [0.4, 0.5) is 29.2 Å². The zero-order valence-electron chi connectivity index (χ0n) is 13.0. The predicted octanol–water partition coefficient (Wildman–Crippen LogP) is 2.83. The summed E-state index contributed by atoms with van der Waals surface area (Å²) in [6, 6.07) is 6.76. The van der Waals surface area contributed by atoms with Crippen LogP contribution in [0.25, 0.3) is 0 Å². The summed E-state index contributed by atoms with van der Waals surface area (Å²) in [5, 5.41) is 9.13. The van der Waals surface area contributed by atoms with Crippen LogP contribution in [0, 0.1) is 17.1 Å². The van der Waals surface area contributed by atoms with Gasteiger partial charge in [0.05, 0.1) is 11.3 Å². The molecule has 1 fully saturated rings. The van der Waals surface area contributed by atoms with E-state index in [4.69, 9.17) is 5.26 Å². The molecule has 1 aliphatic heterocycles. The highest BCUT2D eigenvalue weighted by Crippen LogP contribution is 2.29. The first-order chi connectivity index (χ1) is 11.9. The normalized spacial score (nSPS) is 15.2. The van der Waals surface area contributed by atoms with Crippen molar-refractivity contribution in [2.75, 3.05) is 36.0 Å². The van der Waals surface area contributed by atoms with Gasteiger partial charge in [0.25, 0.3) is 0 Å². The van der Waals surface area contributed by atoms with E-state index in [1.54, 1.807) is 4.90 Å². The third kappa shape index (κ3) is 3.63. The minimum absolute atomic E-state index is 0.0223. The van der Waals surface area contributed by atoms with Gasteiger partial charge in [0.1, 0.15) is 17.6 Å². The molecule has 25 heavy (non-hydrogen) atoms. The number of aromatic nitrogens is 2. The van der Waals surface area contributed by atoms with Crippen LogP contribution >= 0.6 is 0 Å². The van der Waals surface area contributed by atoms with E-state index in [0.29, 0.717) is 31.9 Å². The van der Waals surface area contributed by atoms with Crippen molar-refractivity contribution in [3.05, 3.63) is 47.5 Å². The maximum atomic E-state index is 13.2. The lowest BCUT2D eigenvalue weighted by Crippen LogP contribution is -2.47. The molecule has 9 heteroatoms. The number of rotatable bonds is 2. The van der Waals surface area contributed by atoms with Gasteiger partial charge in [0, 0.05) is 32.4 Å². The molecular formula is C16H13F4N5. The minimum Gasteiger partial charge on any atom is -0.367 e. The summed E-state index contributed by atoms with van der Waals surface area (Å²) >= 11 is 0. The first kappa shape index (κ1) is 17.0. The minimum atomic E-state index is -4.52. The Morgan fingerprint density at radius 2 is 1.72 bits per heavy atom. The average Bonchev–Trinajstić information content (AvgIpc) is 2.61. The summed E-state index contributed by atoms with van der Waals surface area (Å²) in [4.78, 5) is 11.0. The largest absolute Gasteiger partial charge is 0.433 e. The quantitative estimate of drug-likeness (QED) is 0.779. The second-order valence-corrected chi connectivity index (χ2v) is 5.49. The molecule has 1 saturated heterocycles. The molecule has 1 aromatic heterocycles. The fourth-order valence-electron chi connectivity index (χ4n) is 2.68. The molecule has 1 aliphatic rings. The molecule has 0 radical (unpaired) electrons. The lowest BCUT2D eigenvalue weighted by molar-refractivity contribution is -0.141. The Morgan fingerprint density at radius 3 is 2.36 bits per heavy atom. The van der Waals surface area contributed by atoms with Crippen LogP contribution in [0.3, 0.4) is 0 Å². The Hall–Kier alpha value is -2.89. The Labute approximate surface area is 141 Å². The molecule has 2 heterocycles. The molecule has 0 unspecified atom stereocenters. The molecule has 0 aliphatic carbocycles. The maximum absolute atomic E-state index is 13.2. The van der Waals surface area contributed by atoms with Crippen molar-refractivity contribution in [3.63, 3.8) is 0 Å². The molecule has 0 bridgehead atoms. The summed E-state index contributed by atoms with van der Waals surface area (Å²) in [6.45, 7) is 1.70. The maximum Gasteiger partial charge on any atom is 0.433 e. The van der Waals surface area contributed by atoms with Crippen LogP contribution in [0.5, 0.6) is 0 Å². The number of anilines is 2. The van der Waals surface area contributed by atoms with Crippen molar-refractivity contribution in [1.29, 1.82) is 5.26 Å². The number of benzene rings is 1. The summed E-state index contributed by atoms with van der Waals surface area (Å²) < 4.78 is 51.5. The van der Waals surface area contributed by atoms with E-state index in [-0.39, 0.29) is 11.5 Å². The van der Waals surface area contributed by atoms with Crippen molar-refractivity contribution in [2.45, 2.75) is 6.18 Å². The zero-order valence-corrected chi connectivity index (χ0v) is 13.0. The number of halogens is 4. The van der Waals surface area contributed by atoms with Gasteiger partial charge in [-0.05, 0) is 24.3 Å². The van der Waals surface area contributed by atoms with E-state index in [2.05, 4.69) is 9.97 Å². The lowest BCUT2D eigenvalue weighted by Gasteiger charge is -2.36. The van der Waals surface area contributed by atoms with Crippen LogP contribution in [-0.2, 0) is 6.18 Å². The van der Waals surface area contributed by atoms with Gasteiger partial charge >= 0.3 is 6.18 Å². The van der Waals surface area contributed by atoms with Crippen LogP contribution in [0.2, 0.25) is 0 Å². The summed E-state index contributed by atoms with van der Waals surface area (Å²) in [7, 11) is 0. The van der Waals surface area contributed by atoms with Gasteiger partial charge in [0.15, 0.2) is 0 Å². The third-order valence-corrected chi connectivity index (χ3v) is 3.92. The smallest absolute Gasteiger partial charge is 0.367 e. The number of alkyl halides is 3. The van der Waals surface area contributed by atoms with Gasteiger partial charge in [-0.1, -0.05) is 0 Å². The Morgan fingerprint density at radius 1 is 1.04 bits per heavy atom. The fraction of sp³-hybridized carbons (Fsp3) is 0.312. The number of piperazine rings is 1. The van der Waals surface area contributed by atoms with Crippen molar-refractivity contribution in [2.24, 2.45) is 0 Å². The molecule has 5 nitrogen and oxygen atoms in total. The topological polar surface area (TPSA) is 56.1 Å². The molecular weight excluding hydrogens is 338 g/mol. The number of hydrogen-bond donors (Lipinski definition) is 0.